The van der Waals surface area contributed by atoms with Gasteiger partial charge in [0.2, 0.25) is 5.91 Å². The van der Waals surface area contributed by atoms with Crippen molar-refractivity contribution < 1.29 is 9.53 Å². The van der Waals surface area contributed by atoms with Gasteiger partial charge in [0, 0.05) is 32.6 Å². The molecule has 0 unspecified atom stereocenters. The number of carbonyl (C=O) groups is 1. The van der Waals surface area contributed by atoms with Crippen molar-refractivity contribution in [3.05, 3.63) is 24.3 Å². The summed E-state index contributed by atoms with van der Waals surface area (Å²) in [5.41, 5.74) is 6.62. The Kier molecular flexibility index (Phi) is 13.3. The largest absolute Gasteiger partial charge is 0.492 e. The van der Waals surface area contributed by atoms with Crippen molar-refractivity contribution in [2.45, 2.75) is 39.0 Å². The van der Waals surface area contributed by atoms with Crippen LogP contribution in [0.2, 0.25) is 0 Å². The second kappa shape index (κ2) is 14.0. The van der Waals surface area contributed by atoms with Crippen molar-refractivity contribution >= 4 is 36.4 Å². The Bertz CT molecular complexity index is 509. The van der Waals surface area contributed by atoms with Gasteiger partial charge >= 0.3 is 0 Å². The van der Waals surface area contributed by atoms with Crippen LogP contribution in [-0.4, -0.2) is 50.1 Å². The average Bonchev–Trinajstić information content (AvgIpc) is 2.62. The van der Waals surface area contributed by atoms with Gasteiger partial charge in [-0.2, -0.15) is 0 Å². The van der Waals surface area contributed by atoms with E-state index >= 15 is 0 Å². The molecule has 1 aliphatic heterocycles. The number of nitrogens with two attached hydrogens (primary N) is 1. The lowest BCUT2D eigenvalue weighted by molar-refractivity contribution is -0.131. The zero-order valence-corrected chi connectivity index (χ0v) is 17.3. The van der Waals surface area contributed by atoms with Gasteiger partial charge in [-0.3, -0.25) is 4.79 Å². The number of ether oxygens (including phenoxy) is 1. The Labute approximate surface area is 170 Å². The SMILES string of the molecule is CCOc1ccccc1N1CCN(C(=O)CCCCCCN)CC1.Cl.Cl. The maximum absolute atomic E-state index is 12.3. The van der Waals surface area contributed by atoms with Gasteiger partial charge in [0.15, 0.2) is 0 Å². The second-order valence-electron chi connectivity index (χ2n) is 6.22. The number of nitrogens with zero attached hydrogens (tertiary/aromatic N) is 2. The summed E-state index contributed by atoms with van der Waals surface area (Å²) in [5.74, 6) is 1.22. The van der Waals surface area contributed by atoms with Crippen LogP contribution in [0.1, 0.15) is 39.0 Å². The minimum Gasteiger partial charge on any atom is -0.492 e. The predicted octanol–water partition coefficient (Wildman–Crippen LogP) is 3.49. The van der Waals surface area contributed by atoms with Crippen LogP contribution in [0.25, 0.3) is 0 Å². The van der Waals surface area contributed by atoms with E-state index in [1.165, 1.54) is 0 Å². The normalized spacial score (nSPS) is 13.6. The highest BCUT2D eigenvalue weighted by Gasteiger charge is 2.22. The van der Waals surface area contributed by atoms with Crippen LogP contribution in [0.15, 0.2) is 24.3 Å². The smallest absolute Gasteiger partial charge is 0.222 e. The van der Waals surface area contributed by atoms with Gasteiger partial charge in [0.1, 0.15) is 5.75 Å². The van der Waals surface area contributed by atoms with E-state index in [0.717, 1.165) is 69.8 Å². The first-order chi connectivity index (χ1) is 11.8. The van der Waals surface area contributed by atoms with Crippen molar-refractivity contribution in [1.82, 2.24) is 4.90 Å². The molecular formula is C19H33Cl2N3O2. The molecule has 0 saturated carbocycles. The molecule has 1 fully saturated rings. The number of para-hydroxylation sites is 2. The van der Waals surface area contributed by atoms with Gasteiger partial charge in [-0.15, -0.1) is 24.8 Å². The molecule has 1 aliphatic rings. The highest BCUT2D eigenvalue weighted by molar-refractivity contribution is 5.85. The number of rotatable bonds is 9. The van der Waals surface area contributed by atoms with Gasteiger partial charge < -0.3 is 20.3 Å². The number of amides is 1. The first-order valence-electron chi connectivity index (χ1n) is 9.21. The van der Waals surface area contributed by atoms with E-state index in [0.29, 0.717) is 18.9 Å². The van der Waals surface area contributed by atoms with Crippen LogP contribution in [0.4, 0.5) is 5.69 Å². The number of hydrogen-bond donors (Lipinski definition) is 1. The van der Waals surface area contributed by atoms with E-state index in [4.69, 9.17) is 10.5 Å². The summed E-state index contributed by atoms with van der Waals surface area (Å²) in [6, 6.07) is 8.15. The Morgan fingerprint density at radius 1 is 1.04 bits per heavy atom. The number of hydrogen-bond acceptors (Lipinski definition) is 4. The predicted molar refractivity (Wildman–Crippen MR) is 113 cm³/mol. The summed E-state index contributed by atoms with van der Waals surface area (Å²) >= 11 is 0. The monoisotopic (exact) mass is 405 g/mol. The van der Waals surface area contributed by atoms with E-state index < -0.39 is 0 Å². The quantitative estimate of drug-likeness (QED) is 0.638. The zero-order chi connectivity index (χ0) is 17.2. The highest BCUT2D eigenvalue weighted by Crippen LogP contribution is 2.28. The third-order valence-electron chi connectivity index (χ3n) is 4.48. The summed E-state index contributed by atoms with van der Waals surface area (Å²) in [5, 5.41) is 0. The summed E-state index contributed by atoms with van der Waals surface area (Å²) in [7, 11) is 0. The van der Waals surface area contributed by atoms with E-state index in [1.54, 1.807) is 0 Å². The zero-order valence-electron chi connectivity index (χ0n) is 15.7. The van der Waals surface area contributed by atoms with Crippen LogP contribution >= 0.6 is 24.8 Å². The van der Waals surface area contributed by atoms with Crippen molar-refractivity contribution in [2.24, 2.45) is 5.73 Å². The molecule has 0 aliphatic carbocycles. The standard InChI is InChI=1S/C19H31N3O2.2ClH/c1-2-24-18-10-7-6-9-17(18)21-13-15-22(16-14-21)19(23)11-5-3-4-8-12-20;;/h6-7,9-10H,2-5,8,11-16,20H2,1H3;2*1H. The summed E-state index contributed by atoms with van der Waals surface area (Å²) in [6.07, 6.45) is 4.94. The van der Waals surface area contributed by atoms with Gasteiger partial charge in [0.05, 0.1) is 12.3 Å². The molecule has 1 saturated heterocycles. The molecule has 0 bridgehead atoms. The van der Waals surface area contributed by atoms with Crippen LogP contribution in [0, 0.1) is 0 Å². The van der Waals surface area contributed by atoms with Crippen LogP contribution in [-0.2, 0) is 4.79 Å². The van der Waals surface area contributed by atoms with E-state index in [2.05, 4.69) is 11.0 Å². The van der Waals surface area contributed by atoms with Gasteiger partial charge in [-0.1, -0.05) is 25.0 Å². The molecule has 0 atom stereocenters. The number of unbranched alkanes of at least 4 members (excludes halogenated alkanes) is 3. The molecule has 0 radical (unpaired) electrons. The minimum atomic E-state index is 0. The molecule has 1 aromatic carbocycles. The first kappa shape index (κ1) is 24.8. The number of anilines is 1. The van der Waals surface area contributed by atoms with Gasteiger partial charge in [-0.25, -0.2) is 0 Å². The van der Waals surface area contributed by atoms with Crippen molar-refractivity contribution in [3.63, 3.8) is 0 Å². The van der Waals surface area contributed by atoms with E-state index in [9.17, 15) is 4.79 Å². The maximum Gasteiger partial charge on any atom is 0.222 e. The van der Waals surface area contributed by atoms with Gasteiger partial charge in [0.25, 0.3) is 0 Å². The van der Waals surface area contributed by atoms with Crippen LogP contribution in [0.5, 0.6) is 5.75 Å². The number of halogens is 2. The number of benzene rings is 1. The molecule has 5 nitrogen and oxygen atoms in total. The Morgan fingerprint density at radius 3 is 2.35 bits per heavy atom. The summed E-state index contributed by atoms with van der Waals surface area (Å²) in [4.78, 5) is 16.6. The molecule has 150 valence electrons. The lowest BCUT2D eigenvalue weighted by Crippen LogP contribution is -2.48. The molecule has 1 heterocycles. The van der Waals surface area contributed by atoms with Crippen LogP contribution in [0.3, 0.4) is 0 Å². The first-order valence-corrected chi connectivity index (χ1v) is 9.21. The third kappa shape index (κ3) is 7.60. The fourth-order valence-electron chi connectivity index (χ4n) is 3.12. The summed E-state index contributed by atoms with van der Waals surface area (Å²) < 4.78 is 5.72. The molecule has 0 spiro atoms. The second-order valence-corrected chi connectivity index (χ2v) is 6.22. The fourth-order valence-corrected chi connectivity index (χ4v) is 3.12. The molecule has 1 amide bonds. The van der Waals surface area contributed by atoms with Crippen molar-refractivity contribution in [1.29, 1.82) is 0 Å². The highest BCUT2D eigenvalue weighted by atomic mass is 35.5. The van der Waals surface area contributed by atoms with Crippen molar-refractivity contribution in [2.75, 3.05) is 44.2 Å². The summed E-state index contributed by atoms with van der Waals surface area (Å²) in [6.45, 7) is 6.73. The molecule has 0 aromatic heterocycles. The Hall–Kier alpha value is -1.17. The topological polar surface area (TPSA) is 58.8 Å². The Balaban J connectivity index is 0.00000312. The lowest BCUT2D eigenvalue weighted by Gasteiger charge is -2.36. The van der Waals surface area contributed by atoms with E-state index in [-0.39, 0.29) is 24.8 Å². The van der Waals surface area contributed by atoms with E-state index in [1.807, 2.05) is 30.0 Å². The maximum atomic E-state index is 12.3. The molecule has 2 rings (SSSR count). The van der Waals surface area contributed by atoms with Crippen molar-refractivity contribution in [3.8, 4) is 5.75 Å². The Morgan fingerprint density at radius 2 is 1.69 bits per heavy atom. The lowest BCUT2D eigenvalue weighted by atomic mass is 10.1. The molecule has 2 N–H and O–H groups in total. The number of piperazine rings is 1. The molecule has 1 aromatic rings. The van der Waals surface area contributed by atoms with Crippen LogP contribution < -0.4 is 15.4 Å². The average molecular weight is 406 g/mol. The minimum absolute atomic E-state index is 0. The number of carbonyl (C=O) groups excluding carboxylic acids is 1. The van der Waals surface area contributed by atoms with Gasteiger partial charge in [-0.05, 0) is 38.4 Å². The fraction of sp³-hybridized carbons (Fsp3) is 0.632. The molecule has 26 heavy (non-hydrogen) atoms. The third-order valence-corrected chi connectivity index (χ3v) is 4.48. The molecular weight excluding hydrogens is 373 g/mol. The molecule has 7 heteroatoms.